The van der Waals surface area contributed by atoms with Crippen LogP contribution in [0.3, 0.4) is 0 Å². The van der Waals surface area contributed by atoms with E-state index in [2.05, 4.69) is 22.2 Å². The van der Waals surface area contributed by atoms with Crippen molar-refractivity contribution in [3.05, 3.63) is 20.8 Å². The van der Waals surface area contributed by atoms with E-state index < -0.39 is 11.2 Å². The molecule has 1 aromatic rings. The summed E-state index contributed by atoms with van der Waals surface area (Å²) in [5, 5.41) is 3.07. The smallest absolute Gasteiger partial charge is 0.330 e. The van der Waals surface area contributed by atoms with Crippen molar-refractivity contribution in [2.75, 3.05) is 31.2 Å². The fourth-order valence-corrected chi connectivity index (χ4v) is 2.35. The summed E-state index contributed by atoms with van der Waals surface area (Å²) in [4.78, 5) is 28.3. The number of aromatic nitrogens is 2. The van der Waals surface area contributed by atoms with Gasteiger partial charge in [0.2, 0.25) is 0 Å². The van der Waals surface area contributed by atoms with Gasteiger partial charge in [-0.2, -0.15) is 0 Å². The molecule has 0 amide bonds. The van der Waals surface area contributed by atoms with E-state index >= 15 is 0 Å². The molecule has 21 heavy (non-hydrogen) atoms. The number of hydrogen-bond acceptors (Lipinski definition) is 5. The second-order valence-electron chi connectivity index (χ2n) is 5.66. The lowest BCUT2D eigenvalue weighted by molar-refractivity contribution is 0.337. The summed E-state index contributed by atoms with van der Waals surface area (Å²) in [7, 11) is 2.08. The highest BCUT2D eigenvalue weighted by atomic mass is 16.2. The molecule has 2 rings (SSSR count). The van der Waals surface area contributed by atoms with E-state index in [0.717, 1.165) is 19.4 Å². The Balaban J connectivity index is 2.06. The molecule has 0 atom stereocenters. The van der Waals surface area contributed by atoms with Gasteiger partial charge in [0.25, 0.3) is 5.56 Å². The fourth-order valence-electron chi connectivity index (χ4n) is 2.35. The molecule has 0 unspecified atom stereocenters. The molecule has 1 saturated carbocycles. The fraction of sp³-hybridized carbons (Fsp3) is 0.714. The molecule has 1 aliphatic rings. The summed E-state index contributed by atoms with van der Waals surface area (Å²) in [6.45, 7) is 4.04. The van der Waals surface area contributed by atoms with E-state index in [9.17, 15) is 9.59 Å². The molecule has 4 N–H and O–H groups in total. The minimum absolute atomic E-state index is 0.228. The van der Waals surface area contributed by atoms with Gasteiger partial charge < -0.3 is 16.0 Å². The number of likely N-dealkylation sites (N-methyl/N-ethyl adjacent to an activating group) is 1. The van der Waals surface area contributed by atoms with Crippen LogP contribution in [0.15, 0.2) is 9.59 Å². The number of unbranched alkanes of at least 4 members (excludes halogenated alkanes) is 1. The Morgan fingerprint density at radius 3 is 2.76 bits per heavy atom. The Hall–Kier alpha value is -1.76. The predicted octanol–water partition coefficient (Wildman–Crippen LogP) is 0.425. The molecular weight excluding hydrogens is 270 g/mol. The number of nitrogens with one attached hydrogen (secondary N) is 2. The first kappa shape index (κ1) is 15.6. The maximum absolute atomic E-state index is 11.9. The van der Waals surface area contributed by atoms with Gasteiger partial charge >= 0.3 is 5.69 Å². The molecule has 0 aliphatic heterocycles. The summed E-state index contributed by atoms with van der Waals surface area (Å²) in [5.41, 5.74) is 5.40. The third-order valence-electron chi connectivity index (χ3n) is 3.91. The van der Waals surface area contributed by atoms with Crippen LogP contribution in [0.5, 0.6) is 0 Å². The predicted molar refractivity (Wildman–Crippen MR) is 84.8 cm³/mol. The quantitative estimate of drug-likeness (QED) is 0.646. The number of nitrogens with zero attached hydrogens (tertiary/aromatic N) is 2. The summed E-state index contributed by atoms with van der Waals surface area (Å²) in [5.74, 6) is 0.228. The van der Waals surface area contributed by atoms with Crippen LogP contribution in [0.25, 0.3) is 0 Å². The van der Waals surface area contributed by atoms with Crippen LogP contribution in [0.4, 0.5) is 11.5 Å². The Bertz CT molecular complexity index is 588. The number of anilines is 2. The average molecular weight is 295 g/mol. The topological polar surface area (TPSA) is 96.2 Å². The monoisotopic (exact) mass is 295 g/mol. The molecule has 0 spiro atoms. The summed E-state index contributed by atoms with van der Waals surface area (Å²) >= 11 is 0. The van der Waals surface area contributed by atoms with Crippen molar-refractivity contribution in [3.8, 4) is 0 Å². The molecular formula is C14H25N5O2. The normalized spacial score (nSPS) is 14.6. The van der Waals surface area contributed by atoms with Gasteiger partial charge in [-0.05, 0) is 26.3 Å². The number of H-pyrrole nitrogens is 1. The van der Waals surface area contributed by atoms with Gasteiger partial charge in [-0.3, -0.25) is 14.3 Å². The van der Waals surface area contributed by atoms with Gasteiger partial charge in [0.15, 0.2) is 0 Å². The van der Waals surface area contributed by atoms with Gasteiger partial charge in [-0.1, -0.05) is 13.3 Å². The molecule has 0 saturated heterocycles. The maximum Gasteiger partial charge on any atom is 0.330 e. The van der Waals surface area contributed by atoms with Crippen molar-refractivity contribution in [2.45, 2.75) is 45.2 Å². The Labute approximate surface area is 124 Å². The minimum atomic E-state index is -0.445. The largest absolute Gasteiger partial charge is 0.383 e. The molecule has 0 radical (unpaired) electrons. The number of nitrogens with two attached hydrogens (primary N) is 1. The van der Waals surface area contributed by atoms with Crippen LogP contribution in [0.2, 0.25) is 0 Å². The van der Waals surface area contributed by atoms with Crippen LogP contribution in [0, 0.1) is 0 Å². The van der Waals surface area contributed by atoms with E-state index in [0.29, 0.717) is 24.8 Å². The van der Waals surface area contributed by atoms with Crippen molar-refractivity contribution in [1.82, 2.24) is 14.5 Å². The molecule has 7 heteroatoms. The van der Waals surface area contributed by atoms with Crippen molar-refractivity contribution < 1.29 is 0 Å². The Kier molecular flexibility index (Phi) is 5.06. The first-order valence-corrected chi connectivity index (χ1v) is 7.61. The number of nitrogen functional groups attached to an aromatic ring is 1. The molecule has 1 aromatic heterocycles. The van der Waals surface area contributed by atoms with Crippen LogP contribution in [-0.2, 0) is 6.54 Å². The molecule has 7 nitrogen and oxygen atoms in total. The molecule has 0 bridgehead atoms. The molecule has 0 aromatic carbocycles. The van der Waals surface area contributed by atoms with Crippen LogP contribution >= 0.6 is 0 Å². The molecule has 1 fully saturated rings. The van der Waals surface area contributed by atoms with Crippen molar-refractivity contribution in [2.24, 2.45) is 0 Å². The van der Waals surface area contributed by atoms with Gasteiger partial charge in [0, 0.05) is 25.7 Å². The molecule has 1 aliphatic carbocycles. The highest BCUT2D eigenvalue weighted by molar-refractivity contribution is 5.60. The second-order valence-corrected chi connectivity index (χ2v) is 5.66. The second kappa shape index (κ2) is 6.80. The number of hydrogen-bond donors (Lipinski definition) is 3. The zero-order valence-corrected chi connectivity index (χ0v) is 12.8. The lowest BCUT2D eigenvalue weighted by Gasteiger charge is -2.17. The Morgan fingerprint density at radius 1 is 1.43 bits per heavy atom. The average Bonchev–Trinajstić information content (AvgIpc) is 3.26. The summed E-state index contributed by atoms with van der Waals surface area (Å²) in [6, 6.07) is 0.681. The van der Waals surface area contributed by atoms with Gasteiger partial charge in [-0.25, -0.2) is 4.79 Å². The maximum atomic E-state index is 11.9. The number of aromatic amines is 1. The third kappa shape index (κ3) is 3.87. The van der Waals surface area contributed by atoms with Crippen molar-refractivity contribution in [3.63, 3.8) is 0 Å². The van der Waals surface area contributed by atoms with Crippen molar-refractivity contribution in [1.29, 1.82) is 0 Å². The third-order valence-corrected chi connectivity index (χ3v) is 3.91. The van der Waals surface area contributed by atoms with Crippen molar-refractivity contribution >= 4 is 11.5 Å². The highest BCUT2D eigenvalue weighted by Gasteiger charge is 2.25. The van der Waals surface area contributed by atoms with Crippen LogP contribution < -0.4 is 22.3 Å². The SMILES string of the molecule is CCCCn1c(N)c(NCCN(C)C2CC2)c(=O)[nH]c1=O. The van der Waals surface area contributed by atoms with E-state index in [1.807, 2.05) is 6.92 Å². The first-order chi connectivity index (χ1) is 10.0. The minimum Gasteiger partial charge on any atom is -0.383 e. The highest BCUT2D eigenvalue weighted by Crippen LogP contribution is 2.24. The van der Waals surface area contributed by atoms with Gasteiger partial charge in [0.1, 0.15) is 11.5 Å². The van der Waals surface area contributed by atoms with E-state index in [4.69, 9.17) is 5.73 Å². The van der Waals surface area contributed by atoms with E-state index in [-0.39, 0.29) is 5.82 Å². The standard InChI is InChI=1S/C14H25N5O2/c1-3-4-8-19-12(15)11(13(20)17-14(19)21)16-7-9-18(2)10-5-6-10/h10,16H,3-9,15H2,1-2H3,(H,17,20,21). The lowest BCUT2D eigenvalue weighted by Crippen LogP contribution is -2.35. The number of rotatable bonds is 8. The van der Waals surface area contributed by atoms with Crippen LogP contribution in [0.1, 0.15) is 32.6 Å². The molecule has 118 valence electrons. The Morgan fingerprint density at radius 2 is 2.14 bits per heavy atom. The van der Waals surface area contributed by atoms with Gasteiger partial charge in [0.05, 0.1) is 0 Å². The summed E-state index contributed by atoms with van der Waals surface area (Å²) in [6.07, 6.45) is 4.31. The zero-order chi connectivity index (χ0) is 15.4. The zero-order valence-electron chi connectivity index (χ0n) is 12.8. The van der Waals surface area contributed by atoms with E-state index in [1.165, 1.54) is 17.4 Å². The van der Waals surface area contributed by atoms with Gasteiger partial charge in [-0.15, -0.1) is 0 Å². The van der Waals surface area contributed by atoms with E-state index in [1.54, 1.807) is 0 Å². The summed E-state index contributed by atoms with van der Waals surface area (Å²) < 4.78 is 1.43. The molecule has 1 heterocycles. The first-order valence-electron chi connectivity index (χ1n) is 7.61. The lowest BCUT2D eigenvalue weighted by atomic mass is 10.3. The van der Waals surface area contributed by atoms with Crippen LogP contribution in [-0.4, -0.2) is 40.6 Å².